The zero-order valence-corrected chi connectivity index (χ0v) is 15.5. The largest absolute Gasteiger partial charge is 0.338 e. The van der Waals surface area contributed by atoms with Crippen molar-refractivity contribution in [2.75, 3.05) is 13.1 Å². The van der Waals surface area contributed by atoms with Crippen LogP contribution < -0.4 is 0 Å². The number of carbonyl (C=O) groups is 1. The summed E-state index contributed by atoms with van der Waals surface area (Å²) in [4.78, 5) is 25.1. The van der Waals surface area contributed by atoms with E-state index in [2.05, 4.69) is 26.7 Å². The molecule has 2 heterocycles. The minimum atomic E-state index is -0.0559. The van der Waals surface area contributed by atoms with Crippen molar-refractivity contribution >= 4 is 11.5 Å². The lowest BCUT2D eigenvalue weighted by molar-refractivity contribution is 0.0765. The van der Waals surface area contributed by atoms with Crippen molar-refractivity contribution in [1.29, 1.82) is 0 Å². The number of amides is 1. The van der Waals surface area contributed by atoms with Crippen LogP contribution in [-0.2, 0) is 6.42 Å². The van der Waals surface area contributed by atoms with Gasteiger partial charge >= 0.3 is 0 Å². The molecular formula is C20H22N6O. The molecule has 3 rings (SSSR count). The van der Waals surface area contributed by atoms with Gasteiger partial charge in [-0.3, -0.25) is 4.79 Å². The SMILES string of the molecule is C=C(C)c1nccc(CCN(CC)C(=O)c2ccccc2-n2nccn2)n1. The van der Waals surface area contributed by atoms with E-state index in [9.17, 15) is 4.79 Å². The van der Waals surface area contributed by atoms with E-state index in [0.29, 0.717) is 36.6 Å². The summed E-state index contributed by atoms with van der Waals surface area (Å²) in [6.07, 6.45) is 5.55. The standard InChI is InChI=1S/C20H22N6O/c1-4-25(14-10-16-9-11-21-19(24-16)15(2)3)20(27)17-7-5-6-8-18(17)26-22-12-13-23-26/h5-9,11-13H,2,4,10,14H2,1,3H3. The predicted octanol–water partition coefficient (Wildman–Crippen LogP) is 2.80. The maximum atomic E-state index is 13.1. The number of benzene rings is 1. The van der Waals surface area contributed by atoms with Crippen LogP contribution in [0, 0.1) is 0 Å². The second-order valence-electron chi connectivity index (χ2n) is 6.12. The molecule has 0 N–H and O–H groups in total. The summed E-state index contributed by atoms with van der Waals surface area (Å²) in [7, 11) is 0. The second-order valence-corrected chi connectivity index (χ2v) is 6.12. The third kappa shape index (κ3) is 4.25. The number of nitrogens with zero attached hydrogens (tertiary/aromatic N) is 6. The smallest absolute Gasteiger partial charge is 0.256 e. The van der Waals surface area contributed by atoms with Gasteiger partial charge in [0.05, 0.1) is 23.6 Å². The molecule has 7 nitrogen and oxygen atoms in total. The van der Waals surface area contributed by atoms with Gasteiger partial charge in [0.25, 0.3) is 5.91 Å². The van der Waals surface area contributed by atoms with E-state index in [1.165, 1.54) is 4.80 Å². The molecule has 27 heavy (non-hydrogen) atoms. The Labute approximate surface area is 158 Å². The first-order valence-corrected chi connectivity index (χ1v) is 8.83. The average Bonchev–Trinajstić information content (AvgIpc) is 3.23. The van der Waals surface area contributed by atoms with Crippen LogP contribution in [0.4, 0.5) is 0 Å². The van der Waals surface area contributed by atoms with Gasteiger partial charge < -0.3 is 4.90 Å². The number of likely N-dealkylation sites (N-methyl/N-ethyl adjacent to an activating group) is 1. The highest BCUT2D eigenvalue weighted by Gasteiger charge is 2.19. The molecule has 0 saturated heterocycles. The number of allylic oxidation sites excluding steroid dienone is 1. The summed E-state index contributed by atoms with van der Waals surface area (Å²) in [6, 6.07) is 9.22. The highest BCUT2D eigenvalue weighted by atomic mass is 16.2. The molecule has 2 aromatic heterocycles. The number of hydrogen-bond acceptors (Lipinski definition) is 5. The van der Waals surface area contributed by atoms with Crippen LogP contribution in [0.25, 0.3) is 11.3 Å². The van der Waals surface area contributed by atoms with E-state index >= 15 is 0 Å². The highest BCUT2D eigenvalue weighted by molar-refractivity contribution is 5.97. The van der Waals surface area contributed by atoms with Crippen LogP contribution in [0.3, 0.4) is 0 Å². The molecule has 0 fully saturated rings. The monoisotopic (exact) mass is 362 g/mol. The van der Waals surface area contributed by atoms with Gasteiger partial charge in [0.2, 0.25) is 0 Å². The summed E-state index contributed by atoms with van der Waals surface area (Å²) in [6.45, 7) is 8.87. The topological polar surface area (TPSA) is 76.8 Å². The first-order chi connectivity index (χ1) is 13.1. The van der Waals surface area contributed by atoms with E-state index in [-0.39, 0.29) is 5.91 Å². The van der Waals surface area contributed by atoms with Crippen molar-refractivity contribution in [1.82, 2.24) is 29.9 Å². The number of rotatable bonds is 7. The molecule has 3 aromatic rings. The van der Waals surface area contributed by atoms with Crippen molar-refractivity contribution < 1.29 is 4.79 Å². The maximum absolute atomic E-state index is 13.1. The molecule has 0 atom stereocenters. The van der Waals surface area contributed by atoms with Crippen molar-refractivity contribution in [3.05, 3.63) is 72.6 Å². The Kier molecular flexibility index (Phi) is 5.71. The Balaban J connectivity index is 1.78. The van der Waals surface area contributed by atoms with E-state index in [4.69, 9.17) is 0 Å². The van der Waals surface area contributed by atoms with Crippen LogP contribution >= 0.6 is 0 Å². The van der Waals surface area contributed by atoms with Gasteiger partial charge in [0.15, 0.2) is 5.82 Å². The van der Waals surface area contributed by atoms with Gasteiger partial charge in [-0.2, -0.15) is 15.0 Å². The Hall–Kier alpha value is -3.35. The lowest BCUT2D eigenvalue weighted by Crippen LogP contribution is -2.33. The molecule has 0 bridgehead atoms. The minimum Gasteiger partial charge on any atom is -0.338 e. The van der Waals surface area contributed by atoms with Gasteiger partial charge in [0, 0.05) is 31.4 Å². The van der Waals surface area contributed by atoms with Gasteiger partial charge in [-0.15, -0.1) is 0 Å². The summed E-state index contributed by atoms with van der Waals surface area (Å²) in [5.41, 5.74) is 2.94. The first kappa shape index (κ1) is 18.4. The molecule has 0 radical (unpaired) electrons. The van der Waals surface area contributed by atoms with Crippen molar-refractivity contribution in [3.63, 3.8) is 0 Å². The normalized spacial score (nSPS) is 10.6. The quantitative estimate of drug-likeness (QED) is 0.646. The van der Waals surface area contributed by atoms with Crippen LogP contribution in [0.2, 0.25) is 0 Å². The predicted molar refractivity (Wildman–Crippen MR) is 103 cm³/mol. The van der Waals surface area contributed by atoms with Gasteiger partial charge in [-0.1, -0.05) is 18.7 Å². The summed E-state index contributed by atoms with van der Waals surface area (Å²) < 4.78 is 0. The van der Waals surface area contributed by atoms with E-state index < -0.39 is 0 Å². The zero-order valence-electron chi connectivity index (χ0n) is 15.5. The molecule has 1 amide bonds. The summed E-state index contributed by atoms with van der Waals surface area (Å²) in [5.74, 6) is 0.580. The molecular weight excluding hydrogens is 340 g/mol. The van der Waals surface area contributed by atoms with E-state index in [1.807, 2.05) is 38.1 Å². The van der Waals surface area contributed by atoms with Gasteiger partial charge in [-0.05, 0) is 37.6 Å². The zero-order chi connectivity index (χ0) is 19.2. The minimum absolute atomic E-state index is 0.0559. The molecule has 7 heteroatoms. The van der Waals surface area contributed by atoms with E-state index in [0.717, 1.165) is 11.3 Å². The third-order valence-electron chi connectivity index (χ3n) is 4.17. The lowest BCUT2D eigenvalue weighted by atomic mass is 10.1. The molecule has 138 valence electrons. The fourth-order valence-corrected chi connectivity index (χ4v) is 2.73. The highest BCUT2D eigenvalue weighted by Crippen LogP contribution is 2.15. The van der Waals surface area contributed by atoms with Crippen LogP contribution in [-0.4, -0.2) is 48.9 Å². The molecule has 0 spiro atoms. The molecule has 0 aliphatic rings. The van der Waals surface area contributed by atoms with Crippen LogP contribution in [0.1, 0.15) is 35.7 Å². The fourth-order valence-electron chi connectivity index (χ4n) is 2.73. The number of carbonyl (C=O) groups excluding carboxylic acids is 1. The lowest BCUT2D eigenvalue weighted by Gasteiger charge is -2.22. The van der Waals surface area contributed by atoms with E-state index in [1.54, 1.807) is 29.6 Å². The Morgan fingerprint density at radius 2 is 1.89 bits per heavy atom. The number of hydrogen-bond donors (Lipinski definition) is 0. The molecule has 0 unspecified atom stereocenters. The van der Waals surface area contributed by atoms with Crippen molar-refractivity contribution in [3.8, 4) is 5.69 Å². The molecule has 0 saturated carbocycles. The van der Waals surface area contributed by atoms with Crippen LogP contribution in [0.15, 0.2) is 55.5 Å². The van der Waals surface area contributed by atoms with Gasteiger partial charge in [-0.25, -0.2) is 9.97 Å². The molecule has 0 aliphatic heterocycles. The molecule has 1 aromatic carbocycles. The summed E-state index contributed by atoms with van der Waals surface area (Å²) >= 11 is 0. The average molecular weight is 362 g/mol. The van der Waals surface area contributed by atoms with Gasteiger partial charge in [0.1, 0.15) is 0 Å². The van der Waals surface area contributed by atoms with Crippen molar-refractivity contribution in [2.24, 2.45) is 0 Å². The maximum Gasteiger partial charge on any atom is 0.256 e. The Morgan fingerprint density at radius 1 is 1.15 bits per heavy atom. The molecule has 0 aliphatic carbocycles. The third-order valence-corrected chi connectivity index (χ3v) is 4.17. The van der Waals surface area contributed by atoms with Crippen LogP contribution in [0.5, 0.6) is 0 Å². The number of para-hydroxylation sites is 1. The second kappa shape index (κ2) is 8.35. The fraction of sp³-hybridized carbons (Fsp3) is 0.250. The summed E-state index contributed by atoms with van der Waals surface area (Å²) in [5, 5.41) is 8.29. The Bertz CT molecular complexity index is 935. The number of aromatic nitrogens is 5. The van der Waals surface area contributed by atoms with Crippen molar-refractivity contribution in [2.45, 2.75) is 20.3 Å². The Morgan fingerprint density at radius 3 is 2.59 bits per heavy atom. The first-order valence-electron chi connectivity index (χ1n) is 8.83.